The second-order valence-electron chi connectivity index (χ2n) is 4.63. The van der Waals surface area contributed by atoms with Crippen LogP contribution in [0.4, 0.5) is 0 Å². The van der Waals surface area contributed by atoms with E-state index in [9.17, 15) is 18.3 Å². The highest BCUT2D eigenvalue weighted by Gasteiger charge is 2.29. The third kappa shape index (κ3) is 4.94. The van der Waals surface area contributed by atoms with Gasteiger partial charge in [-0.2, -0.15) is 0 Å². The number of hydrogen-bond acceptors (Lipinski definition) is 4. The van der Waals surface area contributed by atoms with Gasteiger partial charge in [-0.1, -0.05) is 19.3 Å². The predicted octanol–water partition coefficient (Wildman–Crippen LogP) is -0.158. The van der Waals surface area contributed by atoms with Crippen molar-refractivity contribution in [1.29, 1.82) is 0 Å². The molecule has 0 heterocycles. The maximum atomic E-state index is 11.2. The van der Waals surface area contributed by atoms with Gasteiger partial charge < -0.3 is 10.4 Å². The van der Waals surface area contributed by atoms with E-state index in [0.717, 1.165) is 25.5 Å². The highest BCUT2D eigenvalue weighted by Crippen LogP contribution is 2.27. The number of amides is 1. The summed E-state index contributed by atoms with van der Waals surface area (Å²) in [5.41, 5.74) is -0.842. The van der Waals surface area contributed by atoms with Gasteiger partial charge in [-0.25, -0.2) is 8.42 Å². The van der Waals surface area contributed by atoms with Crippen molar-refractivity contribution in [3.05, 3.63) is 0 Å². The molecule has 1 rings (SSSR count). The van der Waals surface area contributed by atoms with E-state index in [1.54, 1.807) is 0 Å². The molecule has 0 saturated heterocycles. The number of sulfone groups is 1. The van der Waals surface area contributed by atoms with Gasteiger partial charge in [-0.15, -0.1) is 0 Å². The summed E-state index contributed by atoms with van der Waals surface area (Å²) in [4.78, 5) is 11.2. The van der Waals surface area contributed by atoms with E-state index in [2.05, 4.69) is 5.32 Å². The lowest BCUT2D eigenvalue weighted by atomic mass is 9.85. The first-order valence-electron chi connectivity index (χ1n) is 5.48. The smallest absolute Gasteiger partial charge is 0.235 e. The summed E-state index contributed by atoms with van der Waals surface area (Å²) in [6.07, 6.45) is 5.39. The monoisotopic (exact) mass is 249 g/mol. The number of carbonyl (C=O) groups excluding carboxylic acids is 1. The zero-order valence-corrected chi connectivity index (χ0v) is 10.3. The molecule has 0 aromatic rings. The van der Waals surface area contributed by atoms with Gasteiger partial charge in [0.1, 0.15) is 5.75 Å². The first-order valence-corrected chi connectivity index (χ1v) is 7.54. The third-order valence-corrected chi connectivity index (χ3v) is 3.58. The van der Waals surface area contributed by atoms with Crippen molar-refractivity contribution >= 4 is 15.7 Å². The van der Waals surface area contributed by atoms with Gasteiger partial charge in [0.25, 0.3) is 0 Å². The molecule has 0 aliphatic heterocycles. The molecule has 0 aromatic heterocycles. The van der Waals surface area contributed by atoms with Gasteiger partial charge in [0, 0.05) is 12.8 Å². The molecule has 1 aliphatic rings. The molecule has 0 bridgehead atoms. The second-order valence-corrected chi connectivity index (χ2v) is 6.77. The highest BCUT2D eigenvalue weighted by atomic mass is 32.2. The molecule has 1 fully saturated rings. The Labute approximate surface area is 96.1 Å². The minimum atomic E-state index is -3.29. The zero-order valence-electron chi connectivity index (χ0n) is 9.53. The average Bonchev–Trinajstić information content (AvgIpc) is 2.14. The Bertz CT molecular complexity index is 344. The van der Waals surface area contributed by atoms with Crippen LogP contribution >= 0.6 is 0 Å². The number of aliphatic hydroxyl groups is 1. The summed E-state index contributed by atoms with van der Waals surface area (Å²) in [6, 6.07) is 0. The van der Waals surface area contributed by atoms with Crippen molar-refractivity contribution in [2.45, 2.75) is 37.7 Å². The fourth-order valence-electron chi connectivity index (χ4n) is 1.94. The Morgan fingerprint density at radius 1 is 1.31 bits per heavy atom. The number of nitrogens with one attached hydrogen (secondary N) is 1. The summed E-state index contributed by atoms with van der Waals surface area (Å²) in [6.45, 7) is 0.154. The second kappa shape index (κ2) is 5.14. The first-order chi connectivity index (χ1) is 7.31. The van der Waals surface area contributed by atoms with Crippen molar-refractivity contribution in [1.82, 2.24) is 5.32 Å². The number of hydrogen-bond donors (Lipinski definition) is 2. The summed E-state index contributed by atoms with van der Waals surface area (Å²) in [7, 11) is -3.29. The van der Waals surface area contributed by atoms with Crippen molar-refractivity contribution in [3.8, 4) is 0 Å². The van der Waals surface area contributed by atoms with E-state index in [4.69, 9.17) is 0 Å². The molecule has 2 N–H and O–H groups in total. The van der Waals surface area contributed by atoms with E-state index in [1.807, 2.05) is 0 Å². The molecule has 0 atom stereocenters. The normalized spacial score (nSPS) is 20.4. The molecule has 1 aliphatic carbocycles. The minimum Gasteiger partial charge on any atom is -0.388 e. The van der Waals surface area contributed by atoms with E-state index in [0.29, 0.717) is 12.8 Å². The van der Waals surface area contributed by atoms with Gasteiger partial charge in [0.05, 0.1) is 5.60 Å². The van der Waals surface area contributed by atoms with Crippen LogP contribution in [-0.4, -0.2) is 43.6 Å². The third-order valence-electron chi connectivity index (χ3n) is 2.79. The minimum absolute atomic E-state index is 0.154. The average molecular weight is 249 g/mol. The van der Waals surface area contributed by atoms with Crippen molar-refractivity contribution in [2.24, 2.45) is 0 Å². The van der Waals surface area contributed by atoms with Gasteiger partial charge >= 0.3 is 0 Å². The largest absolute Gasteiger partial charge is 0.388 e. The van der Waals surface area contributed by atoms with Crippen molar-refractivity contribution < 1.29 is 18.3 Å². The molecule has 1 saturated carbocycles. The maximum absolute atomic E-state index is 11.2. The summed E-state index contributed by atoms with van der Waals surface area (Å²) in [5.74, 6) is -1.05. The molecule has 94 valence electrons. The Hall–Kier alpha value is -0.620. The summed E-state index contributed by atoms with van der Waals surface area (Å²) < 4.78 is 21.7. The van der Waals surface area contributed by atoms with Gasteiger partial charge in [0.15, 0.2) is 9.84 Å². The highest BCUT2D eigenvalue weighted by molar-refractivity contribution is 7.91. The molecule has 0 spiro atoms. The van der Waals surface area contributed by atoms with E-state index < -0.39 is 27.1 Å². The topological polar surface area (TPSA) is 83.5 Å². The van der Waals surface area contributed by atoms with Crippen LogP contribution in [0.2, 0.25) is 0 Å². The molecule has 0 aromatic carbocycles. The first kappa shape index (κ1) is 13.4. The number of rotatable bonds is 4. The number of carbonyl (C=O) groups is 1. The molecular weight excluding hydrogens is 230 g/mol. The molecule has 16 heavy (non-hydrogen) atoms. The van der Waals surface area contributed by atoms with Crippen LogP contribution in [0.5, 0.6) is 0 Å². The van der Waals surface area contributed by atoms with Crippen LogP contribution in [0.3, 0.4) is 0 Å². The Kier molecular flexibility index (Phi) is 4.32. The lowest BCUT2D eigenvalue weighted by Crippen LogP contribution is -2.45. The van der Waals surface area contributed by atoms with E-state index >= 15 is 0 Å². The van der Waals surface area contributed by atoms with Gasteiger partial charge in [-0.3, -0.25) is 4.79 Å². The van der Waals surface area contributed by atoms with Crippen molar-refractivity contribution in [3.63, 3.8) is 0 Å². The van der Waals surface area contributed by atoms with Gasteiger partial charge in [-0.05, 0) is 12.8 Å². The molecule has 1 amide bonds. The zero-order chi connectivity index (χ0) is 12.2. The Morgan fingerprint density at radius 2 is 1.88 bits per heavy atom. The van der Waals surface area contributed by atoms with Crippen molar-refractivity contribution in [2.75, 3.05) is 18.6 Å². The molecule has 0 radical (unpaired) electrons. The van der Waals surface area contributed by atoms with Crippen LogP contribution in [-0.2, 0) is 14.6 Å². The van der Waals surface area contributed by atoms with Crippen LogP contribution in [0.1, 0.15) is 32.1 Å². The lowest BCUT2D eigenvalue weighted by Gasteiger charge is -2.32. The van der Waals surface area contributed by atoms with E-state index in [1.165, 1.54) is 0 Å². The van der Waals surface area contributed by atoms with E-state index in [-0.39, 0.29) is 6.54 Å². The fourth-order valence-corrected chi connectivity index (χ4v) is 2.52. The van der Waals surface area contributed by atoms with Crippen LogP contribution in [0.25, 0.3) is 0 Å². The maximum Gasteiger partial charge on any atom is 0.235 e. The molecule has 5 nitrogen and oxygen atoms in total. The molecule has 6 heteroatoms. The Morgan fingerprint density at radius 3 is 2.38 bits per heavy atom. The quantitative estimate of drug-likeness (QED) is 0.725. The molecular formula is C10H19NO4S. The Balaban J connectivity index is 2.36. The fraction of sp³-hybridized carbons (Fsp3) is 0.900. The van der Waals surface area contributed by atoms with Gasteiger partial charge in [0.2, 0.25) is 5.91 Å². The standard InChI is InChI=1S/C10H19NO4S/c1-16(14,15)7-9(12)11-8-10(13)5-3-2-4-6-10/h13H,2-8H2,1H3,(H,11,12). The summed E-state index contributed by atoms with van der Waals surface area (Å²) in [5, 5.41) is 12.5. The lowest BCUT2D eigenvalue weighted by molar-refractivity contribution is -0.120. The SMILES string of the molecule is CS(=O)(=O)CC(=O)NCC1(O)CCCCC1. The van der Waals surface area contributed by atoms with Crippen LogP contribution < -0.4 is 5.32 Å². The predicted molar refractivity (Wildman–Crippen MR) is 60.8 cm³/mol. The van der Waals surface area contributed by atoms with Crippen LogP contribution in [0, 0.1) is 0 Å². The summed E-state index contributed by atoms with van der Waals surface area (Å²) >= 11 is 0. The van der Waals surface area contributed by atoms with Crippen LogP contribution in [0.15, 0.2) is 0 Å². The molecule has 0 unspecified atom stereocenters.